The van der Waals surface area contributed by atoms with E-state index in [1.165, 1.54) is 12.2 Å². The monoisotopic (exact) mass is 199 g/mol. The van der Waals surface area contributed by atoms with Crippen LogP contribution in [0.15, 0.2) is 0 Å². The second-order valence-corrected chi connectivity index (χ2v) is 5.61. The predicted molar refractivity (Wildman–Crippen MR) is 60.8 cm³/mol. The van der Waals surface area contributed by atoms with Gasteiger partial charge in [0.1, 0.15) is 7.85 Å². The number of carbonyl (C=O) groups excluding carboxylic acids is 1. The summed E-state index contributed by atoms with van der Waals surface area (Å²) in [6.07, 6.45) is 0.840. The molecule has 0 aromatic heterocycles. The molecule has 0 saturated carbocycles. The van der Waals surface area contributed by atoms with Crippen molar-refractivity contribution in [2.24, 2.45) is 5.41 Å². The Morgan fingerprint density at radius 2 is 1.79 bits per heavy atom. The van der Waals surface area contributed by atoms with Crippen LogP contribution in [0.1, 0.15) is 34.1 Å². The van der Waals surface area contributed by atoms with Gasteiger partial charge in [0.2, 0.25) is 0 Å². The summed E-state index contributed by atoms with van der Waals surface area (Å²) in [4.78, 5) is 16.8. The maximum Gasteiger partial charge on any atom is 0.251 e. The molecule has 0 aromatic rings. The van der Waals surface area contributed by atoms with Crippen molar-refractivity contribution >= 4 is 13.8 Å². The molecule has 0 aliphatic heterocycles. The highest BCUT2D eigenvalue weighted by Crippen LogP contribution is 2.37. The van der Waals surface area contributed by atoms with Crippen LogP contribution in [-0.4, -0.2) is 33.0 Å². The average Bonchev–Trinajstić information content (AvgIpc) is 1.97. The molecule has 4 heteroatoms. The predicted octanol–water partition coefficient (Wildman–Crippen LogP) is 1.25. The highest BCUT2D eigenvalue weighted by atomic mass is 16.7. The van der Waals surface area contributed by atoms with Gasteiger partial charge in [0.05, 0.1) is 7.11 Å². The minimum absolute atomic E-state index is 0.0231. The smallest absolute Gasteiger partial charge is 0.251 e. The number of hydroxylamine groups is 2. The fourth-order valence-corrected chi connectivity index (χ4v) is 1.91. The summed E-state index contributed by atoms with van der Waals surface area (Å²) in [5.74, 6) is 0.0231. The van der Waals surface area contributed by atoms with Gasteiger partial charge in [-0.05, 0) is 6.42 Å². The first-order chi connectivity index (χ1) is 6.10. The van der Waals surface area contributed by atoms with Gasteiger partial charge in [0, 0.05) is 12.5 Å². The van der Waals surface area contributed by atoms with Crippen molar-refractivity contribution in [3.8, 4) is 0 Å². The van der Waals surface area contributed by atoms with Crippen LogP contribution in [0.2, 0.25) is 5.31 Å². The molecule has 1 amide bonds. The largest absolute Gasteiger partial charge is 0.275 e. The van der Waals surface area contributed by atoms with Crippen LogP contribution in [-0.2, 0) is 9.63 Å². The Hall–Kier alpha value is -0.505. The van der Waals surface area contributed by atoms with Crippen LogP contribution < -0.4 is 0 Å². The van der Waals surface area contributed by atoms with Crippen molar-refractivity contribution in [3.05, 3.63) is 0 Å². The van der Waals surface area contributed by atoms with E-state index in [0.717, 1.165) is 6.42 Å². The second-order valence-electron chi connectivity index (χ2n) is 5.61. The van der Waals surface area contributed by atoms with Crippen LogP contribution in [0, 0.1) is 5.41 Å². The number of hydrogen-bond acceptors (Lipinski definition) is 2. The molecule has 0 atom stereocenters. The lowest BCUT2D eigenvalue weighted by Gasteiger charge is -2.33. The summed E-state index contributed by atoms with van der Waals surface area (Å²) in [5.41, 5.74) is -0.372. The minimum atomic E-state index is -0.372. The van der Waals surface area contributed by atoms with E-state index in [1.54, 1.807) is 7.05 Å². The number of nitrogens with zero attached hydrogens (tertiary/aromatic N) is 1. The molecule has 0 aliphatic carbocycles. The van der Waals surface area contributed by atoms with Crippen LogP contribution in [0.25, 0.3) is 0 Å². The molecule has 0 spiro atoms. The van der Waals surface area contributed by atoms with Crippen molar-refractivity contribution in [1.29, 1.82) is 0 Å². The molecule has 0 heterocycles. The lowest BCUT2D eigenvalue weighted by molar-refractivity contribution is -0.179. The van der Waals surface area contributed by atoms with Crippen LogP contribution >= 0.6 is 0 Å². The summed E-state index contributed by atoms with van der Waals surface area (Å²) >= 11 is 0. The zero-order valence-electron chi connectivity index (χ0n) is 10.5. The minimum Gasteiger partial charge on any atom is -0.275 e. The highest BCUT2D eigenvalue weighted by Gasteiger charge is 2.34. The van der Waals surface area contributed by atoms with Crippen LogP contribution in [0.5, 0.6) is 0 Å². The molecule has 0 bridgehead atoms. The van der Waals surface area contributed by atoms with E-state index in [9.17, 15) is 4.79 Å². The van der Waals surface area contributed by atoms with Gasteiger partial charge in [0.25, 0.3) is 5.91 Å². The lowest BCUT2D eigenvalue weighted by atomic mass is 9.63. The van der Waals surface area contributed by atoms with Crippen molar-refractivity contribution in [2.45, 2.75) is 39.4 Å². The topological polar surface area (TPSA) is 29.5 Å². The van der Waals surface area contributed by atoms with Gasteiger partial charge in [-0.15, -0.1) is 0 Å². The number of hydrogen-bond donors (Lipinski definition) is 0. The standard InChI is InChI=1S/C10H22BNO2/c1-9(2,7-10(3,4)11)8(13)12(5)14-6/h7,11H2,1-6H3. The Morgan fingerprint density at radius 1 is 1.36 bits per heavy atom. The van der Waals surface area contributed by atoms with Crippen LogP contribution in [0.4, 0.5) is 0 Å². The van der Waals surface area contributed by atoms with Gasteiger partial charge in [-0.2, -0.15) is 0 Å². The first-order valence-corrected chi connectivity index (χ1v) is 4.92. The quantitative estimate of drug-likeness (QED) is 0.503. The SMILES string of the molecule is BC(C)(C)CC(C)(C)C(=O)N(C)OC. The summed E-state index contributed by atoms with van der Waals surface area (Å²) < 4.78 is 0. The number of amides is 1. The van der Waals surface area contributed by atoms with Crippen molar-refractivity contribution < 1.29 is 9.63 Å². The molecular weight excluding hydrogens is 177 g/mol. The van der Waals surface area contributed by atoms with Gasteiger partial charge >= 0.3 is 0 Å². The van der Waals surface area contributed by atoms with Gasteiger partial charge < -0.3 is 0 Å². The average molecular weight is 199 g/mol. The van der Waals surface area contributed by atoms with E-state index in [0.29, 0.717) is 0 Å². The summed E-state index contributed by atoms with van der Waals surface area (Å²) in [5, 5.41) is 1.44. The second kappa shape index (κ2) is 4.34. The molecule has 14 heavy (non-hydrogen) atoms. The maximum atomic E-state index is 11.9. The van der Waals surface area contributed by atoms with E-state index in [-0.39, 0.29) is 16.6 Å². The van der Waals surface area contributed by atoms with E-state index in [4.69, 9.17) is 4.84 Å². The third kappa shape index (κ3) is 4.14. The molecule has 0 rings (SSSR count). The van der Waals surface area contributed by atoms with E-state index in [2.05, 4.69) is 21.7 Å². The summed E-state index contributed by atoms with van der Waals surface area (Å²) in [6.45, 7) is 8.18. The van der Waals surface area contributed by atoms with E-state index in [1.807, 2.05) is 13.8 Å². The maximum absolute atomic E-state index is 11.9. The first kappa shape index (κ1) is 13.5. The summed E-state index contributed by atoms with van der Waals surface area (Å²) in [7, 11) is 5.28. The molecule has 3 nitrogen and oxygen atoms in total. The zero-order valence-corrected chi connectivity index (χ0v) is 10.5. The molecular formula is C10H22BNO2. The fourth-order valence-electron chi connectivity index (χ4n) is 1.91. The first-order valence-electron chi connectivity index (χ1n) is 4.92. The third-order valence-corrected chi connectivity index (χ3v) is 2.11. The molecule has 0 saturated heterocycles. The van der Waals surface area contributed by atoms with Crippen molar-refractivity contribution in [3.63, 3.8) is 0 Å². The van der Waals surface area contributed by atoms with Crippen LogP contribution in [0.3, 0.4) is 0 Å². The summed E-state index contributed by atoms with van der Waals surface area (Å²) in [6, 6.07) is 0. The Morgan fingerprint density at radius 3 is 2.07 bits per heavy atom. The normalized spacial score (nSPS) is 12.7. The molecule has 0 aromatic carbocycles. The van der Waals surface area contributed by atoms with Crippen molar-refractivity contribution in [1.82, 2.24) is 5.06 Å². The van der Waals surface area contributed by atoms with Gasteiger partial charge in [-0.25, -0.2) is 5.06 Å². The van der Waals surface area contributed by atoms with E-state index >= 15 is 0 Å². The lowest BCUT2D eigenvalue weighted by Crippen LogP contribution is -2.39. The number of rotatable bonds is 4. The van der Waals surface area contributed by atoms with Crippen molar-refractivity contribution in [2.75, 3.05) is 14.2 Å². The Bertz CT molecular complexity index is 209. The molecule has 0 aliphatic rings. The molecule has 0 fully saturated rings. The van der Waals surface area contributed by atoms with Gasteiger partial charge in [-0.3, -0.25) is 9.63 Å². The molecule has 0 N–H and O–H groups in total. The van der Waals surface area contributed by atoms with E-state index < -0.39 is 0 Å². The Kier molecular flexibility index (Phi) is 4.19. The Balaban J connectivity index is 4.54. The fraction of sp³-hybridized carbons (Fsp3) is 0.900. The third-order valence-electron chi connectivity index (χ3n) is 2.11. The van der Waals surface area contributed by atoms with Gasteiger partial charge in [-0.1, -0.05) is 33.0 Å². The molecule has 82 valence electrons. The zero-order chi connectivity index (χ0) is 11.6. The highest BCUT2D eigenvalue weighted by molar-refractivity contribution is 6.14. The van der Waals surface area contributed by atoms with Gasteiger partial charge in [0.15, 0.2) is 0 Å². The Labute approximate surface area is 88.2 Å². The molecule has 0 unspecified atom stereocenters. The number of carbonyl (C=O) groups is 1. The molecule has 0 radical (unpaired) electrons.